The van der Waals surface area contributed by atoms with Crippen LogP contribution >= 0.6 is 34.8 Å². The fourth-order valence-electron chi connectivity index (χ4n) is 2.66. The van der Waals surface area contributed by atoms with E-state index in [4.69, 9.17) is 39.5 Å². The Morgan fingerprint density at radius 2 is 2.00 bits per heavy atom. The standard InChI is InChI=1S/C16H15Cl3N2O/c17-12-1-2-15(14(19)6-12)22-16(10-3-4-20-7-10)11-5-13(18)9-21-8-11/h1-2,5-6,8-10,16,20H,3-4,7H2/t10?,16-/m0/s1. The van der Waals surface area contributed by atoms with Gasteiger partial charge in [0.1, 0.15) is 11.9 Å². The second kappa shape index (κ2) is 7.05. The molecular formula is C16H15Cl3N2O. The van der Waals surface area contributed by atoms with Crippen molar-refractivity contribution in [2.24, 2.45) is 5.92 Å². The number of nitrogens with zero attached hydrogens (tertiary/aromatic N) is 1. The third-order valence-corrected chi connectivity index (χ3v) is 4.47. The van der Waals surface area contributed by atoms with Crippen LogP contribution in [0.1, 0.15) is 18.1 Å². The second-order valence-electron chi connectivity index (χ2n) is 5.30. The molecular weight excluding hydrogens is 343 g/mol. The first-order chi connectivity index (χ1) is 10.6. The van der Waals surface area contributed by atoms with Gasteiger partial charge < -0.3 is 10.1 Å². The molecule has 0 radical (unpaired) electrons. The molecule has 3 rings (SSSR count). The lowest BCUT2D eigenvalue weighted by Gasteiger charge is -2.25. The minimum absolute atomic E-state index is 0.153. The van der Waals surface area contributed by atoms with Crippen molar-refractivity contribution in [1.29, 1.82) is 0 Å². The summed E-state index contributed by atoms with van der Waals surface area (Å²) in [6.45, 7) is 1.87. The first kappa shape index (κ1) is 15.9. The van der Waals surface area contributed by atoms with Gasteiger partial charge in [0.05, 0.1) is 10.0 Å². The molecule has 0 spiro atoms. The maximum absolute atomic E-state index is 6.23. The SMILES string of the molecule is Clc1cncc([C@@H](Oc2ccc(Cl)cc2Cl)C2CCNC2)c1. The number of rotatable bonds is 4. The van der Waals surface area contributed by atoms with Crippen molar-refractivity contribution in [3.63, 3.8) is 0 Å². The minimum atomic E-state index is -0.153. The Bertz CT molecular complexity index is 660. The van der Waals surface area contributed by atoms with Crippen LogP contribution in [0.2, 0.25) is 15.1 Å². The van der Waals surface area contributed by atoms with E-state index in [-0.39, 0.29) is 6.10 Å². The van der Waals surface area contributed by atoms with Crippen LogP contribution in [-0.2, 0) is 0 Å². The topological polar surface area (TPSA) is 34.1 Å². The molecule has 1 saturated heterocycles. The molecule has 1 aliphatic heterocycles. The number of aromatic nitrogens is 1. The highest BCUT2D eigenvalue weighted by molar-refractivity contribution is 6.35. The zero-order chi connectivity index (χ0) is 15.5. The van der Waals surface area contributed by atoms with Gasteiger partial charge in [0.2, 0.25) is 0 Å². The fraction of sp³-hybridized carbons (Fsp3) is 0.312. The van der Waals surface area contributed by atoms with Crippen LogP contribution in [-0.4, -0.2) is 18.1 Å². The molecule has 1 aliphatic rings. The largest absolute Gasteiger partial charge is 0.484 e. The first-order valence-corrected chi connectivity index (χ1v) is 8.20. The van der Waals surface area contributed by atoms with Crippen molar-refractivity contribution in [3.05, 3.63) is 57.3 Å². The Kier molecular flexibility index (Phi) is 5.09. The van der Waals surface area contributed by atoms with Crippen LogP contribution < -0.4 is 10.1 Å². The third-order valence-electron chi connectivity index (χ3n) is 3.73. The van der Waals surface area contributed by atoms with E-state index in [0.29, 0.717) is 26.7 Å². The molecule has 2 aromatic rings. The number of ether oxygens (including phenoxy) is 1. The number of hydrogen-bond donors (Lipinski definition) is 1. The van der Waals surface area contributed by atoms with Crippen LogP contribution in [0.5, 0.6) is 5.75 Å². The Balaban J connectivity index is 1.91. The van der Waals surface area contributed by atoms with Crippen LogP contribution in [0, 0.1) is 5.92 Å². The van der Waals surface area contributed by atoms with E-state index in [1.54, 1.807) is 30.6 Å². The van der Waals surface area contributed by atoms with E-state index in [1.807, 2.05) is 6.07 Å². The summed E-state index contributed by atoms with van der Waals surface area (Å²) in [5, 5.41) is 5.04. The first-order valence-electron chi connectivity index (χ1n) is 7.06. The highest BCUT2D eigenvalue weighted by Gasteiger charge is 2.29. The lowest BCUT2D eigenvalue weighted by Crippen LogP contribution is -2.21. The maximum Gasteiger partial charge on any atom is 0.138 e. The molecule has 3 nitrogen and oxygen atoms in total. The van der Waals surface area contributed by atoms with Gasteiger partial charge in [0.25, 0.3) is 0 Å². The molecule has 116 valence electrons. The van der Waals surface area contributed by atoms with Gasteiger partial charge in [-0.05, 0) is 37.2 Å². The highest BCUT2D eigenvalue weighted by atomic mass is 35.5. The Morgan fingerprint density at radius 3 is 2.68 bits per heavy atom. The number of benzene rings is 1. The quantitative estimate of drug-likeness (QED) is 0.855. The summed E-state index contributed by atoms with van der Waals surface area (Å²) in [5.41, 5.74) is 0.951. The van der Waals surface area contributed by atoms with Gasteiger partial charge in [-0.3, -0.25) is 4.98 Å². The molecule has 2 atom stereocenters. The molecule has 6 heteroatoms. The molecule has 2 heterocycles. The van der Waals surface area contributed by atoms with E-state index in [9.17, 15) is 0 Å². The normalized spacial score (nSPS) is 19.1. The summed E-state index contributed by atoms with van der Waals surface area (Å²) in [7, 11) is 0. The van der Waals surface area contributed by atoms with Crippen LogP contribution in [0.15, 0.2) is 36.7 Å². The van der Waals surface area contributed by atoms with E-state index >= 15 is 0 Å². The molecule has 1 aromatic heterocycles. The highest BCUT2D eigenvalue weighted by Crippen LogP contribution is 2.36. The Labute approximate surface area is 144 Å². The van der Waals surface area contributed by atoms with Gasteiger partial charge in [-0.1, -0.05) is 34.8 Å². The van der Waals surface area contributed by atoms with Gasteiger partial charge in [-0.2, -0.15) is 0 Å². The van der Waals surface area contributed by atoms with Gasteiger partial charge in [-0.25, -0.2) is 0 Å². The molecule has 1 aromatic carbocycles. The third kappa shape index (κ3) is 3.66. The molecule has 22 heavy (non-hydrogen) atoms. The molecule has 0 amide bonds. The summed E-state index contributed by atoms with van der Waals surface area (Å²) >= 11 is 18.2. The summed E-state index contributed by atoms with van der Waals surface area (Å²) in [6.07, 6.45) is 4.28. The molecule has 1 unspecified atom stereocenters. The van der Waals surface area contributed by atoms with Crippen molar-refractivity contribution >= 4 is 34.8 Å². The average molecular weight is 358 g/mol. The number of nitrogens with one attached hydrogen (secondary N) is 1. The van der Waals surface area contributed by atoms with E-state index in [0.717, 1.165) is 25.1 Å². The summed E-state index contributed by atoms with van der Waals surface area (Å²) in [5.74, 6) is 0.954. The Morgan fingerprint density at radius 1 is 1.14 bits per heavy atom. The lowest BCUT2D eigenvalue weighted by molar-refractivity contribution is 0.144. The molecule has 0 bridgehead atoms. The molecule has 0 saturated carbocycles. The van der Waals surface area contributed by atoms with Crippen molar-refractivity contribution < 1.29 is 4.74 Å². The smallest absolute Gasteiger partial charge is 0.138 e. The van der Waals surface area contributed by atoms with Gasteiger partial charge in [0, 0.05) is 35.4 Å². The molecule has 1 fully saturated rings. The average Bonchev–Trinajstić information content (AvgIpc) is 3.00. The lowest BCUT2D eigenvalue weighted by atomic mass is 9.96. The van der Waals surface area contributed by atoms with E-state index in [1.165, 1.54) is 0 Å². The summed E-state index contributed by atoms with van der Waals surface area (Å²) < 4.78 is 6.20. The van der Waals surface area contributed by atoms with Crippen molar-refractivity contribution in [3.8, 4) is 5.75 Å². The van der Waals surface area contributed by atoms with Crippen LogP contribution in [0.4, 0.5) is 0 Å². The van der Waals surface area contributed by atoms with Crippen molar-refractivity contribution in [2.45, 2.75) is 12.5 Å². The van der Waals surface area contributed by atoms with Gasteiger partial charge >= 0.3 is 0 Å². The fourth-order valence-corrected chi connectivity index (χ4v) is 3.30. The zero-order valence-electron chi connectivity index (χ0n) is 11.7. The number of pyridine rings is 1. The van der Waals surface area contributed by atoms with E-state index < -0.39 is 0 Å². The van der Waals surface area contributed by atoms with Gasteiger partial charge in [0.15, 0.2) is 0 Å². The summed E-state index contributed by atoms with van der Waals surface area (Å²) in [6, 6.07) is 7.13. The second-order valence-corrected chi connectivity index (χ2v) is 6.58. The predicted molar refractivity (Wildman–Crippen MR) is 90.1 cm³/mol. The number of halogens is 3. The monoisotopic (exact) mass is 356 g/mol. The Hall–Kier alpha value is -1.000. The molecule has 0 aliphatic carbocycles. The zero-order valence-corrected chi connectivity index (χ0v) is 14.0. The minimum Gasteiger partial charge on any atom is -0.484 e. The van der Waals surface area contributed by atoms with Gasteiger partial charge in [-0.15, -0.1) is 0 Å². The molecule has 1 N–H and O–H groups in total. The van der Waals surface area contributed by atoms with Crippen LogP contribution in [0.25, 0.3) is 0 Å². The van der Waals surface area contributed by atoms with Crippen molar-refractivity contribution in [2.75, 3.05) is 13.1 Å². The summed E-state index contributed by atoms with van der Waals surface area (Å²) in [4.78, 5) is 4.17. The maximum atomic E-state index is 6.23. The van der Waals surface area contributed by atoms with E-state index in [2.05, 4.69) is 10.3 Å². The number of hydrogen-bond acceptors (Lipinski definition) is 3. The van der Waals surface area contributed by atoms with Crippen LogP contribution in [0.3, 0.4) is 0 Å². The van der Waals surface area contributed by atoms with Crippen molar-refractivity contribution in [1.82, 2.24) is 10.3 Å². The predicted octanol–water partition coefficient (Wildman–Crippen LogP) is 4.77.